The third kappa shape index (κ3) is 4.84. The maximum Gasteiger partial charge on any atom is 0.244 e. The summed E-state index contributed by atoms with van der Waals surface area (Å²) in [6.07, 6.45) is 4.95. The van der Waals surface area contributed by atoms with Gasteiger partial charge in [0.2, 0.25) is 5.91 Å². The number of hydrogen-bond acceptors (Lipinski definition) is 4. The van der Waals surface area contributed by atoms with Gasteiger partial charge in [-0.2, -0.15) is 0 Å². The number of carbonyl (C=O) groups is 1. The molecule has 24 heavy (non-hydrogen) atoms. The van der Waals surface area contributed by atoms with Crippen molar-refractivity contribution >= 4 is 12.0 Å². The highest BCUT2D eigenvalue weighted by atomic mass is 16.5. The topological polar surface area (TPSA) is 60.5 Å². The Balaban J connectivity index is 1.97. The van der Waals surface area contributed by atoms with E-state index in [0.717, 1.165) is 16.8 Å². The van der Waals surface area contributed by atoms with Crippen molar-refractivity contribution < 1.29 is 14.3 Å². The molecule has 0 atom stereocenters. The van der Waals surface area contributed by atoms with E-state index in [1.165, 1.54) is 6.08 Å². The summed E-state index contributed by atoms with van der Waals surface area (Å²) in [7, 11) is 1.59. The lowest BCUT2D eigenvalue weighted by Gasteiger charge is -2.09. The number of aromatic nitrogens is 1. The zero-order chi connectivity index (χ0) is 17.4. The van der Waals surface area contributed by atoms with Gasteiger partial charge in [-0.05, 0) is 49.2 Å². The number of pyridine rings is 1. The second-order valence-corrected chi connectivity index (χ2v) is 5.16. The largest absolute Gasteiger partial charge is 0.493 e. The van der Waals surface area contributed by atoms with Crippen molar-refractivity contribution in [1.82, 2.24) is 10.3 Å². The van der Waals surface area contributed by atoms with Gasteiger partial charge in [0.25, 0.3) is 0 Å². The van der Waals surface area contributed by atoms with Gasteiger partial charge in [-0.15, -0.1) is 0 Å². The lowest BCUT2D eigenvalue weighted by molar-refractivity contribution is -0.116. The summed E-state index contributed by atoms with van der Waals surface area (Å²) in [6.45, 7) is 4.86. The molecular formula is C19H22N2O3. The van der Waals surface area contributed by atoms with E-state index in [2.05, 4.69) is 10.3 Å². The number of carbonyl (C=O) groups excluding carboxylic acids is 1. The Hall–Kier alpha value is -2.82. The molecule has 126 valence electrons. The summed E-state index contributed by atoms with van der Waals surface area (Å²) in [6, 6.07) is 9.38. The molecular weight excluding hydrogens is 304 g/mol. The van der Waals surface area contributed by atoms with Gasteiger partial charge in [0.15, 0.2) is 11.5 Å². The molecule has 0 fully saturated rings. The number of benzene rings is 1. The quantitative estimate of drug-likeness (QED) is 0.794. The van der Waals surface area contributed by atoms with Crippen molar-refractivity contribution in [2.45, 2.75) is 20.4 Å². The number of hydrogen-bond donors (Lipinski definition) is 1. The van der Waals surface area contributed by atoms with Gasteiger partial charge < -0.3 is 14.8 Å². The van der Waals surface area contributed by atoms with Crippen molar-refractivity contribution in [2.24, 2.45) is 0 Å². The first-order valence-corrected chi connectivity index (χ1v) is 7.81. The third-order valence-electron chi connectivity index (χ3n) is 3.46. The average molecular weight is 326 g/mol. The minimum Gasteiger partial charge on any atom is -0.493 e. The summed E-state index contributed by atoms with van der Waals surface area (Å²) in [5.41, 5.74) is 2.78. The van der Waals surface area contributed by atoms with Gasteiger partial charge in [0, 0.05) is 12.3 Å². The molecule has 0 unspecified atom stereocenters. The summed E-state index contributed by atoms with van der Waals surface area (Å²) < 4.78 is 10.8. The van der Waals surface area contributed by atoms with Crippen molar-refractivity contribution in [2.75, 3.05) is 13.7 Å². The molecule has 0 saturated heterocycles. The predicted molar refractivity (Wildman–Crippen MR) is 94.0 cm³/mol. The number of nitrogens with zero attached hydrogens (tertiary/aromatic N) is 1. The van der Waals surface area contributed by atoms with Gasteiger partial charge in [0.05, 0.1) is 26.0 Å². The van der Waals surface area contributed by atoms with E-state index in [0.29, 0.717) is 24.7 Å². The Labute approximate surface area is 142 Å². The van der Waals surface area contributed by atoms with E-state index in [-0.39, 0.29) is 5.91 Å². The van der Waals surface area contributed by atoms with Crippen molar-refractivity contribution in [3.8, 4) is 11.5 Å². The maximum absolute atomic E-state index is 11.9. The SMILES string of the molecule is CCOc1ccc(C=CC(=O)NCc2ncccc2C)cc1OC. The molecule has 0 saturated carbocycles. The van der Waals surface area contributed by atoms with Crippen molar-refractivity contribution in [1.29, 1.82) is 0 Å². The molecule has 1 aromatic heterocycles. The second kappa shape index (κ2) is 8.72. The highest BCUT2D eigenvalue weighted by molar-refractivity contribution is 5.91. The van der Waals surface area contributed by atoms with Gasteiger partial charge in [-0.1, -0.05) is 12.1 Å². The van der Waals surface area contributed by atoms with Crippen molar-refractivity contribution in [3.63, 3.8) is 0 Å². The number of rotatable bonds is 7. The normalized spacial score (nSPS) is 10.6. The van der Waals surface area contributed by atoms with Gasteiger partial charge >= 0.3 is 0 Å². The van der Waals surface area contributed by atoms with Crippen LogP contribution >= 0.6 is 0 Å². The fourth-order valence-corrected chi connectivity index (χ4v) is 2.17. The first-order valence-electron chi connectivity index (χ1n) is 7.81. The summed E-state index contributed by atoms with van der Waals surface area (Å²) in [4.78, 5) is 16.2. The minimum atomic E-state index is -0.173. The minimum absolute atomic E-state index is 0.173. The molecule has 0 bridgehead atoms. The van der Waals surface area contributed by atoms with Crippen LogP contribution < -0.4 is 14.8 Å². The van der Waals surface area contributed by atoms with Crippen LogP contribution in [-0.4, -0.2) is 24.6 Å². The molecule has 0 aliphatic rings. The third-order valence-corrected chi connectivity index (χ3v) is 3.46. The van der Waals surface area contributed by atoms with E-state index in [4.69, 9.17) is 9.47 Å². The summed E-state index contributed by atoms with van der Waals surface area (Å²) >= 11 is 0. The lowest BCUT2D eigenvalue weighted by atomic mass is 10.2. The molecule has 1 aromatic carbocycles. The fourth-order valence-electron chi connectivity index (χ4n) is 2.17. The van der Waals surface area contributed by atoms with Crippen LogP contribution in [-0.2, 0) is 11.3 Å². The van der Waals surface area contributed by atoms with E-state index >= 15 is 0 Å². The number of amides is 1. The van der Waals surface area contributed by atoms with Gasteiger partial charge in [-0.3, -0.25) is 9.78 Å². The maximum atomic E-state index is 11.9. The number of aryl methyl sites for hydroxylation is 1. The molecule has 0 radical (unpaired) electrons. The van der Waals surface area contributed by atoms with E-state index in [9.17, 15) is 4.79 Å². The molecule has 1 amide bonds. The number of methoxy groups -OCH3 is 1. The summed E-state index contributed by atoms with van der Waals surface area (Å²) in [5.74, 6) is 1.16. The van der Waals surface area contributed by atoms with Crippen LogP contribution in [0.15, 0.2) is 42.6 Å². The second-order valence-electron chi connectivity index (χ2n) is 5.16. The molecule has 2 rings (SSSR count). The Morgan fingerprint density at radius 3 is 2.83 bits per heavy atom. The van der Waals surface area contributed by atoms with E-state index in [1.807, 2.05) is 44.2 Å². The highest BCUT2D eigenvalue weighted by Crippen LogP contribution is 2.28. The molecule has 0 aliphatic carbocycles. The molecule has 5 nitrogen and oxygen atoms in total. The monoisotopic (exact) mass is 326 g/mol. The Morgan fingerprint density at radius 1 is 1.29 bits per heavy atom. The van der Waals surface area contributed by atoms with Crippen LogP contribution in [0.25, 0.3) is 6.08 Å². The highest BCUT2D eigenvalue weighted by Gasteiger charge is 2.04. The van der Waals surface area contributed by atoms with Crippen LogP contribution in [0.1, 0.15) is 23.7 Å². The number of nitrogens with one attached hydrogen (secondary N) is 1. The zero-order valence-corrected chi connectivity index (χ0v) is 14.2. The number of ether oxygens (including phenoxy) is 2. The average Bonchev–Trinajstić information content (AvgIpc) is 2.60. The molecule has 5 heteroatoms. The van der Waals surface area contributed by atoms with Gasteiger partial charge in [-0.25, -0.2) is 0 Å². The molecule has 1 N–H and O–H groups in total. The summed E-state index contributed by atoms with van der Waals surface area (Å²) in [5, 5.41) is 2.83. The molecule has 0 spiro atoms. The Bertz CT molecular complexity index is 726. The van der Waals surface area contributed by atoms with Crippen LogP contribution in [0.5, 0.6) is 11.5 Å². The van der Waals surface area contributed by atoms with Crippen LogP contribution in [0.3, 0.4) is 0 Å². The molecule has 2 aromatic rings. The first-order chi connectivity index (χ1) is 11.6. The van der Waals surface area contributed by atoms with E-state index < -0.39 is 0 Å². The van der Waals surface area contributed by atoms with E-state index in [1.54, 1.807) is 19.4 Å². The molecule has 1 heterocycles. The standard InChI is InChI=1S/C19H22N2O3/c1-4-24-17-9-7-15(12-18(17)23-3)8-10-19(22)21-13-16-14(2)6-5-11-20-16/h5-12H,4,13H2,1-3H3,(H,21,22). The molecule has 0 aliphatic heterocycles. The van der Waals surface area contributed by atoms with Gasteiger partial charge in [0.1, 0.15) is 0 Å². The van der Waals surface area contributed by atoms with Crippen LogP contribution in [0.4, 0.5) is 0 Å². The fraction of sp³-hybridized carbons (Fsp3) is 0.263. The lowest BCUT2D eigenvalue weighted by Crippen LogP contribution is -2.21. The predicted octanol–water partition coefficient (Wildman–Crippen LogP) is 3.13. The van der Waals surface area contributed by atoms with Crippen LogP contribution in [0, 0.1) is 6.92 Å². The smallest absolute Gasteiger partial charge is 0.244 e. The Morgan fingerprint density at radius 2 is 2.12 bits per heavy atom. The Kier molecular flexibility index (Phi) is 6.37. The van der Waals surface area contributed by atoms with Crippen LogP contribution in [0.2, 0.25) is 0 Å². The zero-order valence-electron chi connectivity index (χ0n) is 14.2. The first kappa shape index (κ1) is 17.5. The van der Waals surface area contributed by atoms with Crippen molar-refractivity contribution in [3.05, 3.63) is 59.4 Å².